The van der Waals surface area contributed by atoms with E-state index < -0.39 is 0 Å². The first kappa shape index (κ1) is 22.4. The molecule has 0 amide bonds. The summed E-state index contributed by atoms with van der Waals surface area (Å²) in [5.41, 5.74) is 2.19. The van der Waals surface area contributed by atoms with E-state index in [9.17, 15) is 4.79 Å². The number of hydrogen-bond acceptors (Lipinski definition) is 5. The summed E-state index contributed by atoms with van der Waals surface area (Å²) in [7, 11) is 0. The summed E-state index contributed by atoms with van der Waals surface area (Å²) >= 11 is 3.44. The summed E-state index contributed by atoms with van der Waals surface area (Å²) in [6.45, 7) is 7.14. The van der Waals surface area contributed by atoms with Gasteiger partial charge in [-0.25, -0.2) is 4.98 Å². The van der Waals surface area contributed by atoms with Gasteiger partial charge in [0, 0.05) is 10.6 Å². The third-order valence-corrected chi connectivity index (χ3v) is 8.11. The molecule has 1 aromatic carbocycles. The number of hydrogen-bond donors (Lipinski definition) is 0. The summed E-state index contributed by atoms with van der Waals surface area (Å²) in [6, 6.07) is 7.83. The largest absolute Gasteiger partial charge is 0.494 e. The number of rotatable bonds is 9. The lowest BCUT2D eigenvalue weighted by Crippen LogP contribution is -2.22. The first-order valence-corrected chi connectivity index (χ1v) is 13.4. The van der Waals surface area contributed by atoms with Gasteiger partial charge in [0.15, 0.2) is 5.16 Å². The lowest BCUT2D eigenvalue weighted by molar-refractivity contribution is 0.340. The van der Waals surface area contributed by atoms with Crippen molar-refractivity contribution >= 4 is 33.3 Å². The predicted octanol–water partition coefficient (Wildman–Crippen LogP) is 6.64. The molecule has 4 nitrogen and oxygen atoms in total. The van der Waals surface area contributed by atoms with Crippen LogP contribution in [0, 0.1) is 5.92 Å². The Kier molecular flexibility index (Phi) is 7.39. The molecule has 0 saturated carbocycles. The lowest BCUT2D eigenvalue weighted by atomic mass is 9.89. The standard InChI is InChI=1S/C25H32N2O2S2/c1-4-6-7-8-15-30-25-26-23-22(20-14-9-17(3)16-21(20)31-23)24(28)27(25)18-10-12-19(13-11-18)29-5-2/h10-13,17H,4-9,14-16H2,1-3H3. The van der Waals surface area contributed by atoms with Crippen LogP contribution in [-0.4, -0.2) is 21.9 Å². The highest BCUT2D eigenvalue weighted by atomic mass is 32.2. The highest BCUT2D eigenvalue weighted by Gasteiger charge is 2.25. The van der Waals surface area contributed by atoms with Gasteiger partial charge in [-0.3, -0.25) is 9.36 Å². The average molecular weight is 457 g/mol. The Labute approximate surface area is 193 Å². The van der Waals surface area contributed by atoms with E-state index in [2.05, 4.69) is 13.8 Å². The summed E-state index contributed by atoms with van der Waals surface area (Å²) in [4.78, 5) is 21.1. The molecular formula is C25H32N2O2S2. The van der Waals surface area contributed by atoms with Crippen molar-refractivity contribution in [3.8, 4) is 11.4 Å². The molecule has 2 heterocycles. The zero-order chi connectivity index (χ0) is 21.8. The number of fused-ring (bicyclic) bond motifs is 3. The molecule has 1 unspecified atom stereocenters. The van der Waals surface area contributed by atoms with E-state index >= 15 is 0 Å². The molecule has 31 heavy (non-hydrogen) atoms. The van der Waals surface area contributed by atoms with Crippen LogP contribution in [0.25, 0.3) is 15.9 Å². The molecule has 6 heteroatoms. The fourth-order valence-electron chi connectivity index (χ4n) is 4.25. The number of aryl methyl sites for hydroxylation is 1. The molecule has 1 atom stereocenters. The van der Waals surface area contributed by atoms with Gasteiger partial charge in [-0.1, -0.05) is 44.9 Å². The predicted molar refractivity (Wildman–Crippen MR) is 132 cm³/mol. The number of thioether (sulfide) groups is 1. The van der Waals surface area contributed by atoms with E-state index in [0.29, 0.717) is 12.5 Å². The maximum atomic E-state index is 13.8. The van der Waals surface area contributed by atoms with Crippen LogP contribution in [0.15, 0.2) is 34.2 Å². The van der Waals surface area contributed by atoms with Crippen LogP contribution < -0.4 is 10.3 Å². The minimum Gasteiger partial charge on any atom is -0.494 e. The van der Waals surface area contributed by atoms with Crippen LogP contribution in [0.2, 0.25) is 0 Å². The minimum absolute atomic E-state index is 0.0808. The summed E-state index contributed by atoms with van der Waals surface area (Å²) in [5, 5.41) is 1.65. The van der Waals surface area contributed by atoms with Crippen molar-refractivity contribution in [1.82, 2.24) is 9.55 Å². The SMILES string of the molecule is CCCCCCSc1nc2sc3c(c2c(=O)n1-c1ccc(OCC)cc1)CCC(C)C3. The van der Waals surface area contributed by atoms with E-state index in [-0.39, 0.29) is 5.56 Å². The normalized spacial score (nSPS) is 15.9. The fourth-order valence-corrected chi connectivity index (χ4v) is 6.68. The van der Waals surface area contributed by atoms with Crippen LogP contribution in [0.4, 0.5) is 0 Å². The quantitative estimate of drug-likeness (QED) is 0.206. The van der Waals surface area contributed by atoms with Gasteiger partial charge >= 0.3 is 0 Å². The first-order chi connectivity index (χ1) is 15.1. The topological polar surface area (TPSA) is 44.1 Å². The summed E-state index contributed by atoms with van der Waals surface area (Å²) in [5.74, 6) is 2.49. The smallest absolute Gasteiger partial charge is 0.267 e. The number of thiophene rings is 1. The molecule has 4 rings (SSSR count). The highest BCUT2D eigenvalue weighted by Crippen LogP contribution is 2.37. The van der Waals surface area contributed by atoms with E-state index in [0.717, 1.165) is 58.2 Å². The second-order valence-corrected chi connectivity index (χ2v) is 10.5. The Morgan fingerprint density at radius 3 is 2.74 bits per heavy atom. The zero-order valence-electron chi connectivity index (χ0n) is 18.8. The van der Waals surface area contributed by atoms with Gasteiger partial charge in [-0.2, -0.15) is 0 Å². The van der Waals surface area contributed by atoms with Crippen molar-refractivity contribution in [2.24, 2.45) is 5.92 Å². The van der Waals surface area contributed by atoms with Crippen LogP contribution in [0.1, 0.15) is 63.3 Å². The second kappa shape index (κ2) is 10.2. The molecule has 2 aromatic heterocycles. The Hall–Kier alpha value is -1.79. The van der Waals surface area contributed by atoms with Crippen LogP contribution >= 0.6 is 23.1 Å². The van der Waals surface area contributed by atoms with Gasteiger partial charge < -0.3 is 4.74 Å². The van der Waals surface area contributed by atoms with Crippen molar-refractivity contribution in [1.29, 1.82) is 0 Å². The zero-order valence-corrected chi connectivity index (χ0v) is 20.4. The van der Waals surface area contributed by atoms with Gasteiger partial charge in [0.25, 0.3) is 5.56 Å². The Bertz CT molecular complexity index is 1090. The molecule has 166 valence electrons. The first-order valence-electron chi connectivity index (χ1n) is 11.6. The fraction of sp³-hybridized carbons (Fsp3) is 0.520. The average Bonchev–Trinajstić information content (AvgIpc) is 3.12. The number of aromatic nitrogens is 2. The molecule has 0 saturated heterocycles. The van der Waals surface area contributed by atoms with Crippen LogP contribution in [0.5, 0.6) is 5.75 Å². The molecule has 3 aromatic rings. The second-order valence-electron chi connectivity index (χ2n) is 8.40. The van der Waals surface area contributed by atoms with Gasteiger partial charge in [-0.05, 0) is 68.4 Å². The molecule has 0 radical (unpaired) electrons. The number of nitrogens with zero attached hydrogens (tertiary/aromatic N) is 2. The maximum absolute atomic E-state index is 13.8. The lowest BCUT2D eigenvalue weighted by Gasteiger charge is -2.18. The highest BCUT2D eigenvalue weighted by molar-refractivity contribution is 7.99. The van der Waals surface area contributed by atoms with Crippen molar-refractivity contribution in [3.63, 3.8) is 0 Å². The molecule has 0 fully saturated rings. The van der Waals surface area contributed by atoms with E-state index in [1.165, 1.54) is 29.7 Å². The van der Waals surface area contributed by atoms with Crippen LogP contribution in [0.3, 0.4) is 0 Å². The molecule has 1 aliphatic carbocycles. The van der Waals surface area contributed by atoms with Gasteiger partial charge in [0.05, 0.1) is 17.7 Å². The molecule has 0 bridgehead atoms. The van der Waals surface area contributed by atoms with Crippen molar-refractivity contribution in [2.75, 3.05) is 12.4 Å². The van der Waals surface area contributed by atoms with Gasteiger partial charge in [-0.15, -0.1) is 11.3 Å². The monoisotopic (exact) mass is 456 g/mol. The number of benzene rings is 1. The molecule has 0 spiro atoms. The third-order valence-electron chi connectivity index (χ3n) is 5.93. The molecular weight excluding hydrogens is 424 g/mol. The van der Waals surface area contributed by atoms with Crippen LogP contribution in [-0.2, 0) is 12.8 Å². The Morgan fingerprint density at radius 2 is 2.00 bits per heavy atom. The van der Waals surface area contributed by atoms with E-state index in [4.69, 9.17) is 9.72 Å². The minimum atomic E-state index is 0.0808. The summed E-state index contributed by atoms with van der Waals surface area (Å²) in [6.07, 6.45) is 8.06. The van der Waals surface area contributed by atoms with E-state index in [1.54, 1.807) is 23.1 Å². The Morgan fingerprint density at radius 1 is 1.19 bits per heavy atom. The van der Waals surface area contributed by atoms with Crippen molar-refractivity contribution in [3.05, 3.63) is 45.1 Å². The van der Waals surface area contributed by atoms with Gasteiger partial charge in [0.2, 0.25) is 0 Å². The third kappa shape index (κ3) is 4.85. The maximum Gasteiger partial charge on any atom is 0.267 e. The number of ether oxygens (including phenoxy) is 1. The molecule has 0 N–H and O–H groups in total. The molecule has 0 aliphatic heterocycles. The molecule has 1 aliphatic rings. The van der Waals surface area contributed by atoms with Gasteiger partial charge in [0.1, 0.15) is 10.6 Å². The van der Waals surface area contributed by atoms with Crippen molar-refractivity contribution < 1.29 is 4.74 Å². The van der Waals surface area contributed by atoms with Crippen molar-refractivity contribution in [2.45, 2.75) is 70.9 Å². The summed E-state index contributed by atoms with van der Waals surface area (Å²) < 4.78 is 7.42. The van der Waals surface area contributed by atoms with E-state index in [1.807, 2.05) is 35.8 Å². The number of unbranched alkanes of at least 4 members (excludes halogenated alkanes) is 3. The Balaban J connectivity index is 1.77.